The van der Waals surface area contributed by atoms with Crippen molar-refractivity contribution in [3.8, 4) is 5.75 Å². The first-order valence-electron chi connectivity index (χ1n) is 8.03. The summed E-state index contributed by atoms with van der Waals surface area (Å²) in [6.45, 7) is 11.6. The summed E-state index contributed by atoms with van der Waals surface area (Å²) in [4.78, 5) is 29.3. The van der Waals surface area contributed by atoms with Crippen molar-refractivity contribution in [3.05, 3.63) is 43.0 Å². The molecule has 1 rings (SSSR count). The molecule has 25 heavy (non-hydrogen) atoms. The van der Waals surface area contributed by atoms with Crippen LogP contribution in [0.1, 0.15) is 40.5 Å². The van der Waals surface area contributed by atoms with Gasteiger partial charge in [-0.2, -0.15) is 9.78 Å². The molecule has 1 aromatic rings. The summed E-state index contributed by atoms with van der Waals surface area (Å²) in [5.74, 6) is 0.729. The minimum Gasteiger partial charge on any atom is -0.428 e. The maximum atomic E-state index is 10.5. The highest BCUT2D eigenvalue weighted by Crippen LogP contribution is 2.13. The normalized spacial score (nSPS) is 10.2. The summed E-state index contributed by atoms with van der Waals surface area (Å²) in [5, 5.41) is 4.09. The number of rotatable bonds is 9. The fourth-order valence-corrected chi connectivity index (χ4v) is 1.09. The third-order valence-corrected chi connectivity index (χ3v) is 2.18. The van der Waals surface area contributed by atoms with Crippen molar-refractivity contribution in [2.45, 2.75) is 46.1 Å². The van der Waals surface area contributed by atoms with Gasteiger partial charge in [-0.15, -0.1) is 0 Å². The quantitative estimate of drug-likeness (QED) is 0.207. The maximum Gasteiger partial charge on any atom is 0.542 e. The molecule has 0 aliphatic rings. The summed E-state index contributed by atoms with van der Waals surface area (Å²) in [7, 11) is 0. The van der Waals surface area contributed by atoms with Crippen LogP contribution in [-0.2, 0) is 24.4 Å². The van der Waals surface area contributed by atoms with E-state index < -0.39 is 6.16 Å². The van der Waals surface area contributed by atoms with Crippen LogP contribution >= 0.6 is 0 Å². The lowest BCUT2D eigenvalue weighted by molar-refractivity contribution is -0.486. The lowest BCUT2D eigenvalue weighted by atomic mass is 10.2. The van der Waals surface area contributed by atoms with E-state index in [1.165, 1.54) is 6.08 Å². The minimum absolute atomic E-state index is 0.0805. The predicted molar refractivity (Wildman–Crippen MR) is 92.5 cm³/mol. The Kier molecular flexibility index (Phi) is 13.1. The molecular formula is C18H28O7. The molecule has 0 atom stereocenters. The van der Waals surface area contributed by atoms with Gasteiger partial charge in [0.2, 0.25) is 0 Å². The number of hydrogen-bond acceptors (Lipinski definition) is 7. The lowest BCUT2D eigenvalue weighted by Crippen LogP contribution is -2.21. The third kappa shape index (κ3) is 16.5. The highest BCUT2D eigenvalue weighted by Gasteiger charge is 2.12. The Labute approximate surface area is 149 Å². The molecule has 142 valence electrons. The van der Waals surface area contributed by atoms with Gasteiger partial charge >= 0.3 is 6.16 Å². The Hall–Kier alpha value is -2.09. The van der Waals surface area contributed by atoms with Gasteiger partial charge in [0.05, 0.1) is 6.61 Å². The van der Waals surface area contributed by atoms with Crippen molar-refractivity contribution in [2.24, 2.45) is 0 Å². The monoisotopic (exact) mass is 356 g/mol. The summed E-state index contributed by atoms with van der Waals surface area (Å²) in [6.07, 6.45) is 2.28. The van der Waals surface area contributed by atoms with E-state index in [9.17, 15) is 4.79 Å². The van der Waals surface area contributed by atoms with Gasteiger partial charge in [-0.3, -0.25) is 0 Å². The van der Waals surface area contributed by atoms with E-state index in [0.717, 1.165) is 18.6 Å². The number of para-hydroxylation sites is 1. The van der Waals surface area contributed by atoms with Crippen LogP contribution in [-0.4, -0.2) is 25.0 Å². The van der Waals surface area contributed by atoms with Gasteiger partial charge in [0.15, 0.2) is 5.75 Å². The van der Waals surface area contributed by atoms with E-state index >= 15 is 0 Å². The van der Waals surface area contributed by atoms with Crippen molar-refractivity contribution in [3.63, 3.8) is 0 Å². The second-order valence-corrected chi connectivity index (χ2v) is 5.77. The Morgan fingerprint density at radius 2 is 1.88 bits per heavy atom. The molecule has 0 amide bonds. The average Bonchev–Trinajstić information content (AvgIpc) is 2.59. The molecular weight excluding hydrogens is 328 g/mol. The van der Waals surface area contributed by atoms with E-state index in [4.69, 9.17) is 9.78 Å². The topological polar surface area (TPSA) is 72.5 Å². The van der Waals surface area contributed by atoms with Crippen molar-refractivity contribution < 1.29 is 34.1 Å². The van der Waals surface area contributed by atoms with Crippen LogP contribution in [0, 0.1) is 0 Å². The smallest absolute Gasteiger partial charge is 0.428 e. The zero-order valence-corrected chi connectivity index (χ0v) is 15.4. The molecule has 0 unspecified atom stereocenters. The molecule has 0 heterocycles. The van der Waals surface area contributed by atoms with Crippen LogP contribution in [0.4, 0.5) is 4.79 Å². The Balaban J connectivity index is 0.000000462. The van der Waals surface area contributed by atoms with Crippen LogP contribution in [0.25, 0.3) is 0 Å². The summed E-state index contributed by atoms with van der Waals surface area (Å²) in [6, 6.07) is 9.45. The van der Waals surface area contributed by atoms with E-state index in [0.29, 0.717) is 6.61 Å². The molecule has 0 aliphatic heterocycles. The van der Waals surface area contributed by atoms with E-state index in [2.05, 4.69) is 26.1 Å². The number of hydrogen-bond donors (Lipinski definition) is 0. The van der Waals surface area contributed by atoms with Crippen molar-refractivity contribution in [1.82, 2.24) is 0 Å². The number of benzene rings is 1. The number of carbonyl (C=O) groups is 1. The summed E-state index contributed by atoms with van der Waals surface area (Å²) < 4.78 is 4.41. The average molecular weight is 356 g/mol. The van der Waals surface area contributed by atoms with Crippen LogP contribution in [0.2, 0.25) is 0 Å². The fraction of sp³-hybridized carbons (Fsp3) is 0.500. The van der Waals surface area contributed by atoms with Crippen LogP contribution in [0.15, 0.2) is 43.0 Å². The molecule has 0 saturated carbocycles. The molecule has 0 spiro atoms. The first kappa shape index (κ1) is 22.9. The van der Waals surface area contributed by atoms with Crippen molar-refractivity contribution in [2.75, 3.05) is 13.2 Å². The van der Waals surface area contributed by atoms with Gasteiger partial charge < -0.3 is 9.62 Å². The van der Waals surface area contributed by atoms with Gasteiger partial charge in [0, 0.05) is 0 Å². The highest BCUT2D eigenvalue weighted by molar-refractivity contribution is 5.58. The molecule has 0 fully saturated rings. The molecule has 7 nitrogen and oxygen atoms in total. The maximum absolute atomic E-state index is 10.5. The van der Waals surface area contributed by atoms with Gasteiger partial charge in [0.25, 0.3) is 0 Å². The summed E-state index contributed by atoms with van der Waals surface area (Å²) in [5.41, 5.74) is -0.268. The molecule has 0 aliphatic carbocycles. The second kappa shape index (κ2) is 14.3. The van der Waals surface area contributed by atoms with Crippen LogP contribution in [0.5, 0.6) is 5.75 Å². The van der Waals surface area contributed by atoms with Gasteiger partial charge in [-0.1, -0.05) is 44.2 Å². The molecule has 0 radical (unpaired) electrons. The van der Waals surface area contributed by atoms with Gasteiger partial charge in [-0.05, 0) is 44.4 Å². The zero-order valence-electron chi connectivity index (χ0n) is 15.4. The SMILES string of the molecule is C=CCOC(=O)OOOCCCC.CC(C)(C)OOc1ccccc1. The lowest BCUT2D eigenvalue weighted by Gasteiger charge is -2.17. The van der Waals surface area contributed by atoms with E-state index in [-0.39, 0.29) is 12.2 Å². The van der Waals surface area contributed by atoms with E-state index in [1.54, 1.807) is 0 Å². The zero-order chi connectivity index (χ0) is 19.0. The van der Waals surface area contributed by atoms with Gasteiger partial charge in [-0.25, -0.2) is 9.68 Å². The Morgan fingerprint density at radius 1 is 1.20 bits per heavy atom. The van der Waals surface area contributed by atoms with Crippen LogP contribution in [0.3, 0.4) is 0 Å². The summed E-state index contributed by atoms with van der Waals surface area (Å²) >= 11 is 0. The van der Waals surface area contributed by atoms with Crippen molar-refractivity contribution in [1.29, 1.82) is 0 Å². The van der Waals surface area contributed by atoms with Crippen LogP contribution < -0.4 is 4.89 Å². The molecule has 0 aromatic heterocycles. The Bertz CT molecular complexity index is 454. The second-order valence-electron chi connectivity index (χ2n) is 5.77. The number of carbonyl (C=O) groups excluding carboxylic acids is 1. The number of ether oxygens (including phenoxy) is 1. The van der Waals surface area contributed by atoms with E-state index in [1.807, 2.05) is 58.0 Å². The molecule has 7 heteroatoms. The fourth-order valence-electron chi connectivity index (χ4n) is 1.09. The molecule has 0 saturated heterocycles. The molecule has 0 bridgehead atoms. The largest absolute Gasteiger partial charge is 0.542 e. The first-order chi connectivity index (χ1) is 11.9. The first-order valence-corrected chi connectivity index (χ1v) is 8.03. The standard InChI is InChI=1S/C10H14O2.C8H14O5/c1-10(2,3)12-11-9-7-5-4-6-8-9;1-3-5-7-11-13-12-8(9)10-6-4-2/h4-8H,1-3H3;4H,2-3,5-7H2,1H3. The third-order valence-electron chi connectivity index (χ3n) is 2.18. The van der Waals surface area contributed by atoms with Gasteiger partial charge in [0.1, 0.15) is 12.2 Å². The molecule has 0 N–H and O–H groups in total. The predicted octanol–water partition coefficient (Wildman–Crippen LogP) is 4.78. The highest BCUT2D eigenvalue weighted by atomic mass is 17.5. The minimum atomic E-state index is -0.948. The molecule has 1 aromatic carbocycles. The van der Waals surface area contributed by atoms with Crippen molar-refractivity contribution >= 4 is 6.16 Å². The Morgan fingerprint density at radius 3 is 2.44 bits per heavy atom. The number of unbranched alkanes of at least 4 members (excludes halogenated alkanes) is 1.